The molecule has 0 saturated heterocycles. The molecule has 5 rings (SSSR count). The van der Waals surface area contributed by atoms with E-state index in [1.165, 1.54) is 36.4 Å². The Morgan fingerprint density at radius 3 is 2.35 bits per heavy atom. The molecule has 1 aliphatic heterocycles. The lowest BCUT2D eigenvalue weighted by atomic mass is 9.96. The molecular weight excluding hydrogens is 398 g/mol. The number of halogens is 2. The van der Waals surface area contributed by atoms with Crippen LogP contribution in [-0.4, -0.2) is 28.1 Å². The van der Waals surface area contributed by atoms with Crippen LogP contribution in [0.25, 0.3) is 10.9 Å². The van der Waals surface area contributed by atoms with Crippen LogP contribution in [0, 0.1) is 11.6 Å². The molecule has 0 saturated carbocycles. The van der Waals surface area contributed by atoms with Crippen molar-refractivity contribution in [3.8, 4) is 0 Å². The first kappa shape index (κ1) is 19.2. The highest BCUT2D eigenvalue weighted by atomic mass is 19.1. The quantitative estimate of drug-likeness (QED) is 0.484. The monoisotopic (exact) mass is 416 g/mol. The van der Waals surface area contributed by atoms with Gasteiger partial charge in [-0.1, -0.05) is 18.2 Å². The summed E-state index contributed by atoms with van der Waals surface area (Å²) < 4.78 is 27.0. The minimum atomic E-state index is -0.430. The Labute approximate surface area is 177 Å². The lowest BCUT2D eigenvalue weighted by Gasteiger charge is -2.28. The molecule has 4 aromatic rings. The van der Waals surface area contributed by atoms with E-state index >= 15 is 0 Å². The Morgan fingerprint density at radius 2 is 1.58 bits per heavy atom. The van der Waals surface area contributed by atoms with E-state index < -0.39 is 5.82 Å². The Hall–Kier alpha value is -3.80. The van der Waals surface area contributed by atoms with Gasteiger partial charge in [-0.2, -0.15) is 0 Å². The number of aromatic nitrogens is 1. The van der Waals surface area contributed by atoms with Gasteiger partial charge in [-0.05, 0) is 48.5 Å². The van der Waals surface area contributed by atoms with Crippen LogP contribution in [0.2, 0.25) is 0 Å². The van der Waals surface area contributed by atoms with Gasteiger partial charge in [-0.15, -0.1) is 0 Å². The Balaban J connectivity index is 1.48. The number of nitrogens with zero attached hydrogens (tertiary/aromatic N) is 1. The average molecular weight is 416 g/mol. The fourth-order valence-corrected chi connectivity index (χ4v) is 4.15. The van der Waals surface area contributed by atoms with Gasteiger partial charge in [0.15, 0.2) is 5.78 Å². The molecule has 1 amide bonds. The summed E-state index contributed by atoms with van der Waals surface area (Å²) in [4.78, 5) is 31.4. The zero-order valence-electron chi connectivity index (χ0n) is 16.5. The fraction of sp³-hybridized carbons (Fsp3) is 0.120. The van der Waals surface area contributed by atoms with Crippen LogP contribution in [0.5, 0.6) is 0 Å². The van der Waals surface area contributed by atoms with E-state index in [1.54, 1.807) is 35.2 Å². The van der Waals surface area contributed by atoms with Gasteiger partial charge < -0.3 is 9.88 Å². The highest BCUT2D eigenvalue weighted by Crippen LogP contribution is 2.29. The van der Waals surface area contributed by atoms with Crippen molar-refractivity contribution in [2.75, 3.05) is 6.54 Å². The number of nitrogens with one attached hydrogen (secondary N) is 1. The largest absolute Gasteiger partial charge is 0.358 e. The average Bonchev–Trinajstić information content (AvgIpc) is 3.15. The summed E-state index contributed by atoms with van der Waals surface area (Å²) in [6, 6.07) is 16.5. The molecule has 2 heterocycles. The summed E-state index contributed by atoms with van der Waals surface area (Å²) in [5.74, 6) is -1.36. The molecule has 1 aliphatic rings. The molecule has 4 nitrogen and oxygen atoms in total. The number of amides is 1. The molecule has 154 valence electrons. The lowest BCUT2D eigenvalue weighted by Crippen LogP contribution is -2.36. The van der Waals surface area contributed by atoms with Crippen molar-refractivity contribution in [2.45, 2.75) is 13.0 Å². The minimum Gasteiger partial charge on any atom is -0.358 e. The number of H-pyrrole nitrogens is 1. The number of hydrogen-bond acceptors (Lipinski definition) is 2. The highest BCUT2D eigenvalue weighted by Gasteiger charge is 2.27. The number of rotatable bonds is 3. The lowest BCUT2D eigenvalue weighted by molar-refractivity contribution is 0.0731. The minimum absolute atomic E-state index is 0.262. The third kappa shape index (κ3) is 3.40. The summed E-state index contributed by atoms with van der Waals surface area (Å²) in [7, 11) is 0. The maximum atomic E-state index is 13.8. The fourth-order valence-electron chi connectivity index (χ4n) is 4.15. The predicted octanol–water partition coefficient (Wildman–Crippen LogP) is 4.88. The third-order valence-corrected chi connectivity index (χ3v) is 5.73. The second kappa shape index (κ2) is 7.47. The van der Waals surface area contributed by atoms with Crippen molar-refractivity contribution in [2.24, 2.45) is 0 Å². The maximum absolute atomic E-state index is 13.8. The van der Waals surface area contributed by atoms with Gasteiger partial charge in [0.25, 0.3) is 5.91 Å². The topological polar surface area (TPSA) is 53.2 Å². The number of fused-ring (bicyclic) bond motifs is 3. The smallest absolute Gasteiger partial charge is 0.254 e. The second-order valence-corrected chi connectivity index (χ2v) is 7.63. The standard InChI is InChI=1S/C25H18F2N2O2/c26-16-7-5-15(6-8-16)24(30)18-3-1-2-4-19(18)25(31)29-12-11-23-21(14-29)20-13-17(27)9-10-22(20)28-23/h1-10,13,28H,11-12,14H2. The van der Waals surface area contributed by atoms with E-state index in [0.717, 1.165) is 22.2 Å². The van der Waals surface area contributed by atoms with Gasteiger partial charge in [-0.3, -0.25) is 9.59 Å². The van der Waals surface area contributed by atoms with E-state index in [1.807, 2.05) is 0 Å². The van der Waals surface area contributed by atoms with E-state index in [0.29, 0.717) is 30.6 Å². The number of ketones is 1. The summed E-state index contributed by atoms with van der Waals surface area (Å²) >= 11 is 0. The van der Waals surface area contributed by atoms with Crippen molar-refractivity contribution in [3.63, 3.8) is 0 Å². The van der Waals surface area contributed by atoms with Crippen LogP contribution in [0.15, 0.2) is 66.7 Å². The first-order chi connectivity index (χ1) is 15.0. The number of aromatic amines is 1. The van der Waals surface area contributed by atoms with Crippen LogP contribution < -0.4 is 0 Å². The van der Waals surface area contributed by atoms with Gasteiger partial charge in [-0.25, -0.2) is 8.78 Å². The van der Waals surface area contributed by atoms with Crippen molar-refractivity contribution in [1.29, 1.82) is 0 Å². The van der Waals surface area contributed by atoms with Crippen molar-refractivity contribution >= 4 is 22.6 Å². The zero-order chi connectivity index (χ0) is 21.5. The molecule has 0 atom stereocenters. The summed E-state index contributed by atoms with van der Waals surface area (Å²) in [5.41, 5.74) is 3.63. The van der Waals surface area contributed by atoms with Gasteiger partial charge >= 0.3 is 0 Å². The SMILES string of the molecule is O=C(c1ccc(F)cc1)c1ccccc1C(=O)N1CCc2[nH]c3ccc(F)cc3c2C1. The maximum Gasteiger partial charge on any atom is 0.254 e. The normalized spacial score (nSPS) is 13.3. The second-order valence-electron chi connectivity index (χ2n) is 7.63. The van der Waals surface area contributed by atoms with Crippen LogP contribution >= 0.6 is 0 Å². The van der Waals surface area contributed by atoms with E-state index in [4.69, 9.17) is 0 Å². The molecule has 0 radical (unpaired) electrons. The Morgan fingerprint density at radius 1 is 0.871 bits per heavy atom. The van der Waals surface area contributed by atoms with E-state index in [9.17, 15) is 18.4 Å². The first-order valence-electron chi connectivity index (χ1n) is 9.99. The summed E-state index contributed by atoms with van der Waals surface area (Å²) in [6.07, 6.45) is 0.617. The Bertz CT molecular complexity index is 1330. The molecule has 6 heteroatoms. The Kier molecular flexibility index (Phi) is 4.62. The molecule has 0 aliphatic carbocycles. The van der Waals surface area contributed by atoms with Gasteiger partial charge in [0.2, 0.25) is 0 Å². The van der Waals surface area contributed by atoms with E-state index in [-0.39, 0.29) is 23.1 Å². The van der Waals surface area contributed by atoms with Crippen LogP contribution in [0.1, 0.15) is 37.5 Å². The van der Waals surface area contributed by atoms with Gasteiger partial charge in [0, 0.05) is 52.8 Å². The van der Waals surface area contributed by atoms with Crippen molar-refractivity contribution < 1.29 is 18.4 Å². The first-order valence-corrected chi connectivity index (χ1v) is 9.99. The number of carbonyl (C=O) groups excluding carboxylic acids is 2. The highest BCUT2D eigenvalue weighted by molar-refractivity contribution is 6.15. The third-order valence-electron chi connectivity index (χ3n) is 5.73. The summed E-state index contributed by atoms with van der Waals surface area (Å²) in [5, 5.41) is 0.767. The molecule has 1 N–H and O–H groups in total. The van der Waals surface area contributed by atoms with Crippen LogP contribution in [0.4, 0.5) is 8.78 Å². The van der Waals surface area contributed by atoms with Crippen LogP contribution in [-0.2, 0) is 13.0 Å². The van der Waals surface area contributed by atoms with Crippen LogP contribution in [0.3, 0.4) is 0 Å². The predicted molar refractivity (Wildman–Crippen MR) is 113 cm³/mol. The molecule has 0 fully saturated rings. The van der Waals surface area contributed by atoms with Crippen molar-refractivity contribution in [1.82, 2.24) is 9.88 Å². The molecule has 31 heavy (non-hydrogen) atoms. The zero-order valence-corrected chi connectivity index (χ0v) is 16.5. The molecule has 3 aromatic carbocycles. The van der Waals surface area contributed by atoms with Gasteiger partial charge in [0.05, 0.1) is 5.56 Å². The molecular formula is C25H18F2N2O2. The number of benzene rings is 3. The van der Waals surface area contributed by atoms with E-state index in [2.05, 4.69) is 4.98 Å². The number of carbonyl (C=O) groups is 2. The molecule has 1 aromatic heterocycles. The van der Waals surface area contributed by atoms with Crippen molar-refractivity contribution in [3.05, 3.63) is 106 Å². The molecule has 0 unspecified atom stereocenters. The molecule has 0 spiro atoms. The summed E-state index contributed by atoms with van der Waals surface area (Å²) in [6.45, 7) is 0.816. The molecule has 0 bridgehead atoms. The van der Waals surface area contributed by atoms with Gasteiger partial charge in [0.1, 0.15) is 11.6 Å². The number of hydrogen-bond donors (Lipinski definition) is 1.